The quantitative estimate of drug-likeness (QED) is 0.569. The maximum absolute atomic E-state index is 2.69. The van der Waals surface area contributed by atoms with Crippen molar-refractivity contribution in [3.05, 3.63) is 0 Å². The van der Waals surface area contributed by atoms with Gasteiger partial charge in [0.25, 0.3) is 0 Å². The Kier molecular flexibility index (Phi) is 2.50. The van der Waals surface area contributed by atoms with Gasteiger partial charge in [0, 0.05) is 0 Å². The average molecular weight is 274 g/mol. The highest BCUT2D eigenvalue weighted by Gasteiger charge is 2.66. The van der Waals surface area contributed by atoms with Crippen LogP contribution in [-0.4, -0.2) is 0 Å². The number of hydrogen-bond acceptors (Lipinski definition) is 0. The smallest absolute Gasteiger partial charge is 0.0261 e. The Morgan fingerprint density at radius 2 is 1.40 bits per heavy atom. The highest BCUT2D eigenvalue weighted by molar-refractivity contribution is 5.14. The third kappa shape index (κ3) is 1.35. The van der Waals surface area contributed by atoms with Crippen LogP contribution < -0.4 is 0 Å². The molecule has 0 aromatic heterocycles. The number of rotatable bonds is 1. The average Bonchev–Trinajstić information content (AvgIpc) is 2.37. The van der Waals surface area contributed by atoms with Gasteiger partial charge < -0.3 is 0 Å². The van der Waals surface area contributed by atoms with Gasteiger partial charge >= 0.3 is 0 Å². The van der Waals surface area contributed by atoms with Crippen LogP contribution in [0, 0.1) is 51.8 Å². The van der Waals surface area contributed by atoms with Crippen LogP contribution in [0.2, 0.25) is 0 Å². The summed E-state index contributed by atoms with van der Waals surface area (Å²) >= 11 is 0. The van der Waals surface area contributed by atoms with Gasteiger partial charge in [0.05, 0.1) is 0 Å². The van der Waals surface area contributed by atoms with E-state index in [4.69, 9.17) is 0 Å². The SMILES string of the molecule is CC1C2CC(CC1C1(C)CC[C@H]3CC1C3(C)C)C2(C)C. The van der Waals surface area contributed by atoms with E-state index < -0.39 is 0 Å². The van der Waals surface area contributed by atoms with Gasteiger partial charge in [-0.1, -0.05) is 41.5 Å². The van der Waals surface area contributed by atoms with Crippen LogP contribution in [0.3, 0.4) is 0 Å². The van der Waals surface area contributed by atoms with Gasteiger partial charge in [0.1, 0.15) is 0 Å². The van der Waals surface area contributed by atoms with Crippen molar-refractivity contribution in [2.75, 3.05) is 0 Å². The van der Waals surface area contributed by atoms with Crippen molar-refractivity contribution < 1.29 is 0 Å². The molecule has 6 aliphatic rings. The molecule has 0 nitrogen and oxygen atoms in total. The molecule has 6 rings (SSSR count). The van der Waals surface area contributed by atoms with Crippen LogP contribution in [0.4, 0.5) is 0 Å². The molecule has 6 fully saturated rings. The van der Waals surface area contributed by atoms with E-state index in [1.54, 1.807) is 12.8 Å². The topological polar surface area (TPSA) is 0 Å². The Morgan fingerprint density at radius 3 is 1.90 bits per heavy atom. The van der Waals surface area contributed by atoms with Crippen molar-refractivity contribution in [2.45, 2.75) is 73.6 Å². The van der Waals surface area contributed by atoms with Crippen LogP contribution >= 0.6 is 0 Å². The van der Waals surface area contributed by atoms with Crippen LogP contribution in [-0.2, 0) is 0 Å². The molecule has 0 N–H and O–H groups in total. The summed E-state index contributed by atoms with van der Waals surface area (Å²) in [5.41, 5.74) is 1.95. The van der Waals surface area contributed by atoms with E-state index in [-0.39, 0.29) is 0 Å². The van der Waals surface area contributed by atoms with E-state index in [1.807, 2.05) is 0 Å². The highest BCUT2D eigenvalue weighted by Crippen LogP contribution is 2.73. The molecule has 6 saturated carbocycles. The maximum Gasteiger partial charge on any atom is -0.0261 e. The monoisotopic (exact) mass is 274 g/mol. The minimum absolute atomic E-state index is 0.643. The summed E-state index contributed by atoms with van der Waals surface area (Å²) in [6.07, 6.45) is 7.67. The summed E-state index contributed by atoms with van der Waals surface area (Å²) in [5, 5.41) is 0. The first kappa shape index (κ1) is 13.6. The lowest BCUT2D eigenvalue weighted by molar-refractivity contribution is -0.225. The minimum Gasteiger partial charge on any atom is -0.0619 e. The standard InChI is InChI=1S/C20H34/c1-12-15-9-14(18(15,2)3)10-16(12)20(6)8-7-13-11-17(20)19(13,4)5/h12-17H,7-11H2,1-6H3/t12?,13-,14?,15?,16?,17?,20?/m0/s1. The highest BCUT2D eigenvalue weighted by atomic mass is 14.7. The molecule has 0 radical (unpaired) electrons. The molecule has 20 heavy (non-hydrogen) atoms. The molecule has 0 spiro atoms. The lowest BCUT2D eigenvalue weighted by atomic mass is 9.33. The summed E-state index contributed by atoms with van der Waals surface area (Å²) in [6, 6.07) is 0. The van der Waals surface area contributed by atoms with E-state index in [1.165, 1.54) is 19.3 Å². The summed E-state index contributed by atoms with van der Waals surface area (Å²) in [4.78, 5) is 0. The van der Waals surface area contributed by atoms with Gasteiger partial charge in [-0.05, 0) is 83.9 Å². The molecule has 0 amide bonds. The van der Waals surface area contributed by atoms with E-state index in [2.05, 4.69) is 41.5 Å². The third-order valence-electron chi connectivity index (χ3n) is 9.50. The van der Waals surface area contributed by atoms with Gasteiger partial charge in [-0.25, -0.2) is 0 Å². The van der Waals surface area contributed by atoms with Crippen LogP contribution in [0.5, 0.6) is 0 Å². The first-order valence-electron chi connectivity index (χ1n) is 9.19. The van der Waals surface area contributed by atoms with Gasteiger partial charge in [-0.3, -0.25) is 0 Å². The summed E-state index contributed by atoms with van der Waals surface area (Å²) in [5.74, 6) is 6.10. The molecule has 4 bridgehead atoms. The first-order valence-corrected chi connectivity index (χ1v) is 9.19. The molecule has 0 saturated heterocycles. The van der Waals surface area contributed by atoms with E-state index in [0.717, 1.165) is 35.5 Å². The lowest BCUT2D eigenvalue weighted by Crippen LogP contribution is -2.64. The summed E-state index contributed by atoms with van der Waals surface area (Å²) < 4.78 is 0. The zero-order chi connectivity index (χ0) is 14.5. The fraction of sp³-hybridized carbons (Fsp3) is 1.00. The van der Waals surface area contributed by atoms with Crippen molar-refractivity contribution in [3.8, 4) is 0 Å². The number of fused-ring (bicyclic) bond motifs is 5. The van der Waals surface area contributed by atoms with E-state index >= 15 is 0 Å². The Morgan fingerprint density at radius 1 is 0.750 bits per heavy atom. The van der Waals surface area contributed by atoms with Gasteiger partial charge in [0.15, 0.2) is 0 Å². The Labute approximate surface area is 126 Å². The van der Waals surface area contributed by atoms with Crippen molar-refractivity contribution in [1.82, 2.24) is 0 Å². The molecular weight excluding hydrogens is 240 g/mol. The van der Waals surface area contributed by atoms with Crippen molar-refractivity contribution in [2.24, 2.45) is 51.8 Å². The van der Waals surface area contributed by atoms with E-state index in [9.17, 15) is 0 Å². The molecular formula is C20H34. The largest absolute Gasteiger partial charge is 0.0619 e. The third-order valence-corrected chi connectivity index (χ3v) is 9.50. The molecule has 7 atom stereocenters. The first-order chi connectivity index (χ1) is 9.19. The predicted molar refractivity (Wildman–Crippen MR) is 85.4 cm³/mol. The molecule has 0 heterocycles. The summed E-state index contributed by atoms with van der Waals surface area (Å²) in [7, 11) is 0. The Hall–Kier alpha value is 0. The van der Waals surface area contributed by atoms with Crippen molar-refractivity contribution in [3.63, 3.8) is 0 Å². The Bertz CT molecular complexity index is 429. The molecule has 114 valence electrons. The van der Waals surface area contributed by atoms with Gasteiger partial charge in [0.2, 0.25) is 0 Å². The van der Waals surface area contributed by atoms with Gasteiger partial charge in [-0.15, -0.1) is 0 Å². The molecule has 6 unspecified atom stereocenters. The minimum atomic E-state index is 0.643. The second kappa shape index (κ2) is 3.66. The molecule has 6 aliphatic carbocycles. The second-order valence-corrected chi connectivity index (χ2v) is 10.4. The summed E-state index contributed by atoms with van der Waals surface area (Å²) in [6.45, 7) is 15.5. The fourth-order valence-corrected chi connectivity index (χ4v) is 7.75. The maximum atomic E-state index is 2.69. The lowest BCUT2D eigenvalue weighted by Gasteiger charge is -2.71. The van der Waals surface area contributed by atoms with Crippen LogP contribution in [0.25, 0.3) is 0 Å². The normalized spacial score (nSPS) is 58.5. The zero-order valence-corrected chi connectivity index (χ0v) is 14.5. The van der Waals surface area contributed by atoms with Gasteiger partial charge in [-0.2, -0.15) is 0 Å². The van der Waals surface area contributed by atoms with Crippen molar-refractivity contribution >= 4 is 0 Å². The molecule has 0 aromatic rings. The Balaban J connectivity index is 1.62. The molecule has 0 heteroatoms. The molecule has 0 aromatic carbocycles. The zero-order valence-electron chi connectivity index (χ0n) is 14.5. The van der Waals surface area contributed by atoms with Crippen LogP contribution in [0.15, 0.2) is 0 Å². The second-order valence-electron chi connectivity index (χ2n) is 10.4. The number of hydrogen-bond donors (Lipinski definition) is 0. The van der Waals surface area contributed by atoms with Crippen LogP contribution in [0.1, 0.15) is 73.6 Å². The van der Waals surface area contributed by atoms with E-state index in [0.29, 0.717) is 16.2 Å². The fourth-order valence-electron chi connectivity index (χ4n) is 7.75. The van der Waals surface area contributed by atoms with Crippen molar-refractivity contribution in [1.29, 1.82) is 0 Å². The molecule has 0 aliphatic heterocycles. The predicted octanol–water partition coefficient (Wildman–Crippen LogP) is 5.77.